The highest BCUT2D eigenvalue weighted by atomic mass is 16.5. The summed E-state index contributed by atoms with van der Waals surface area (Å²) < 4.78 is 5.12. The predicted octanol–water partition coefficient (Wildman–Crippen LogP) is 3.37. The number of nitrogens with zero attached hydrogens (tertiary/aromatic N) is 1. The number of unbranched alkanes of at least 4 members (excludes halogenated alkanes) is 1. The Balaban J connectivity index is 1.64. The first kappa shape index (κ1) is 21.0. The molecule has 0 bridgehead atoms. The Morgan fingerprint density at radius 2 is 1.71 bits per heavy atom. The molecule has 2 N–H and O–H groups in total. The summed E-state index contributed by atoms with van der Waals surface area (Å²) in [7, 11) is 1.63. The van der Waals surface area contributed by atoms with Gasteiger partial charge in [-0.3, -0.25) is 4.79 Å². The maximum atomic E-state index is 12.1. The Morgan fingerprint density at radius 1 is 1.00 bits per heavy atom. The van der Waals surface area contributed by atoms with E-state index in [0.717, 1.165) is 37.1 Å². The van der Waals surface area contributed by atoms with Crippen LogP contribution in [0.3, 0.4) is 0 Å². The van der Waals surface area contributed by atoms with Crippen molar-refractivity contribution in [1.82, 2.24) is 10.6 Å². The van der Waals surface area contributed by atoms with Crippen molar-refractivity contribution in [1.29, 1.82) is 5.26 Å². The van der Waals surface area contributed by atoms with Crippen LogP contribution in [0.25, 0.3) is 0 Å². The third-order valence-electron chi connectivity index (χ3n) is 4.35. The molecule has 0 saturated heterocycles. The van der Waals surface area contributed by atoms with Crippen LogP contribution in [-0.2, 0) is 17.6 Å². The smallest absolute Gasteiger partial charge is 0.263 e. The minimum atomic E-state index is -0.354. The van der Waals surface area contributed by atoms with Gasteiger partial charge in [-0.2, -0.15) is 5.26 Å². The zero-order valence-corrected chi connectivity index (χ0v) is 16.3. The fraction of sp³-hybridized carbons (Fsp3) is 0.304. The third-order valence-corrected chi connectivity index (χ3v) is 4.35. The van der Waals surface area contributed by atoms with Crippen LogP contribution in [0.4, 0.5) is 0 Å². The lowest BCUT2D eigenvalue weighted by molar-refractivity contribution is -0.117. The van der Waals surface area contributed by atoms with Gasteiger partial charge >= 0.3 is 0 Å². The van der Waals surface area contributed by atoms with E-state index in [1.807, 2.05) is 48.5 Å². The third kappa shape index (κ3) is 7.55. The van der Waals surface area contributed by atoms with E-state index < -0.39 is 0 Å². The second-order valence-corrected chi connectivity index (χ2v) is 6.42. The average Bonchev–Trinajstić information content (AvgIpc) is 2.74. The van der Waals surface area contributed by atoms with Crippen molar-refractivity contribution < 1.29 is 9.53 Å². The maximum Gasteiger partial charge on any atom is 0.263 e. The van der Waals surface area contributed by atoms with Crippen LogP contribution >= 0.6 is 0 Å². The molecule has 0 aliphatic heterocycles. The SMILES string of the molecule is COc1ccc(CCNC(=O)/C(C#N)=C\NCCCCc2ccccc2)cc1. The predicted molar refractivity (Wildman–Crippen MR) is 111 cm³/mol. The van der Waals surface area contributed by atoms with Gasteiger partial charge in [-0.25, -0.2) is 0 Å². The normalized spacial score (nSPS) is 10.8. The van der Waals surface area contributed by atoms with Gasteiger partial charge in [-0.15, -0.1) is 0 Å². The van der Waals surface area contributed by atoms with Crippen molar-refractivity contribution in [2.75, 3.05) is 20.2 Å². The van der Waals surface area contributed by atoms with Crippen LogP contribution in [0.15, 0.2) is 66.4 Å². The van der Waals surface area contributed by atoms with Crippen molar-refractivity contribution in [3.63, 3.8) is 0 Å². The van der Waals surface area contributed by atoms with Gasteiger partial charge in [0.15, 0.2) is 0 Å². The van der Waals surface area contributed by atoms with Gasteiger partial charge in [0.2, 0.25) is 0 Å². The molecule has 0 aliphatic carbocycles. The van der Waals surface area contributed by atoms with Crippen LogP contribution in [-0.4, -0.2) is 26.1 Å². The Kier molecular flexibility index (Phi) is 9.16. The molecule has 2 aromatic rings. The molecule has 2 aromatic carbocycles. The lowest BCUT2D eigenvalue weighted by atomic mass is 10.1. The fourth-order valence-corrected chi connectivity index (χ4v) is 2.73. The summed E-state index contributed by atoms with van der Waals surface area (Å²) >= 11 is 0. The number of nitriles is 1. The van der Waals surface area contributed by atoms with E-state index in [2.05, 4.69) is 22.8 Å². The quantitative estimate of drug-likeness (QED) is 0.358. The molecule has 0 aliphatic rings. The molecule has 1 amide bonds. The molecule has 28 heavy (non-hydrogen) atoms. The molecule has 0 spiro atoms. The minimum Gasteiger partial charge on any atom is -0.497 e. The van der Waals surface area contributed by atoms with Crippen LogP contribution in [0.1, 0.15) is 24.0 Å². The lowest BCUT2D eigenvalue weighted by Crippen LogP contribution is -2.27. The number of methoxy groups -OCH3 is 1. The number of nitrogens with one attached hydrogen (secondary N) is 2. The number of carbonyl (C=O) groups excluding carboxylic acids is 1. The number of amides is 1. The van der Waals surface area contributed by atoms with Crippen LogP contribution < -0.4 is 15.4 Å². The summed E-state index contributed by atoms with van der Waals surface area (Å²) in [5, 5.41) is 15.0. The zero-order chi connectivity index (χ0) is 20.0. The summed E-state index contributed by atoms with van der Waals surface area (Å²) in [5.41, 5.74) is 2.52. The molecule has 0 fully saturated rings. The van der Waals surface area contributed by atoms with Gasteiger partial charge in [0.1, 0.15) is 17.4 Å². The first-order valence-electron chi connectivity index (χ1n) is 9.51. The summed E-state index contributed by atoms with van der Waals surface area (Å²) in [6.07, 6.45) is 5.26. The van der Waals surface area contributed by atoms with E-state index in [-0.39, 0.29) is 11.5 Å². The fourth-order valence-electron chi connectivity index (χ4n) is 2.73. The zero-order valence-electron chi connectivity index (χ0n) is 16.3. The van der Waals surface area contributed by atoms with E-state index in [4.69, 9.17) is 4.74 Å². The first-order valence-corrected chi connectivity index (χ1v) is 9.51. The number of carbonyl (C=O) groups is 1. The molecule has 5 nitrogen and oxygen atoms in total. The van der Waals surface area contributed by atoms with E-state index in [9.17, 15) is 10.1 Å². The summed E-state index contributed by atoms with van der Waals surface area (Å²) in [6, 6.07) is 20.0. The van der Waals surface area contributed by atoms with E-state index >= 15 is 0 Å². The van der Waals surface area contributed by atoms with Crippen LogP contribution in [0.5, 0.6) is 5.75 Å². The van der Waals surface area contributed by atoms with Gasteiger partial charge in [0.05, 0.1) is 7.11 Å². The standard InChI is InChI=1S/C23H27N3O2/c1-28-22-12-10-20(11-13-22)14-16-26-23(27)21(17-24)18-25-15-6-5-9-19-7-3-2-4-8-19/h2-4,7-8,10-13,18,25H,5-6,9,14-16H2,1H3,(H,26,27)/b21-18-. The molecule has 0 unspecified atom stereocenters. The number of rotatable bonds is 11. The topological polar surface area (TPSA) is 74.1 Å². The maximum absolute atomic E-state index is 12.1. The van der Waals surface area contributed by atoms with Crippen molar-refractivity contribution >= 4 is 5.91 Å². The van der Waals surface area contributed by atoms with Gasteiger partial charge in [0.25, 0.3) is 5.91 Å². The van der Waals surface area contributed by atoms with E-state index in [0.29, 0.717) is 13.0 Å². The first-order chi connectivity index (χ1) is 13.7. The molecular weight excluding hydrogens is 350 g/mol. The molecule has 0 heterocycles. The van der Waals surface area contributed by atoms with E-state index in [1.165, 1.54) is 11.8 Å². The molecule has 0 atom stereocenters. The summed E-state index contributed by atoms with van der Waals surface area (Å²) in [6.45, 7) is 1.21. The highest BCUT2D eigenvalue weighted by molar-refractivity contribution is 5.97. The van der Waals surface area contributed by atoms with Gasteiger partial charge in [0, 0.05) is 19.3 Å². The number of aryl methyl sites for hydroxylation is 1. The van der Waals surface area contributed by atoms with Crippen molar-refractivity contribution in [3.05, 3.63) is 77.5 Å². The Labute approximate surface area is 167 Å². The lowest BCUT2D eigenvalue weighted by Gasteiger charge is -2.06. The van der Waals surface area contributed by atoms with Gasteiger partial charge in [-0.1, -0.05) is 42.5 Å². The van der Waals surface area contributed by atoms with Crippen molar-refractivity contribution in [3.8, 4) is 11.8 Å². The van der Waals surface area contributed by atoms with Gasteiger partial charge < -0.3 is 15.4 Å². The van der Waals surface area contributed by atoms with E-state index in [1.54, 1.807) is 7.11 Å². The molecule has 2 rings (SSSR count). The molecular formula is C23H27N3O2. The minimum absolute atomic E-state index is 0.0952. The average molecular weight is 377 g/mol. The summed E-state index contributed by atoms with van der Waals surface area (Å²) in [5.74, 6) is 0.449. The highest BCUT2D eigenvalue weighted by Gasteiger charge is 2.07. The molecule has 146 valence electrons. The number of hydrogen-bond acceptors (Lipinski definition) is 4. The highest BCUT2D eigenvalue weighted by Crippen LogP contribution is 2.11. The van der Waals surface area contributed by atoms with Crippen molar-refractivity contribution in [2.24, 2.45) is 0 Å². The Morgan fingerprint density at radius 3 is 2.39 bits per heavy atom. The van der Waals surface area contributed by atoms with Crippen molar-refractivity contribution in [2.45, 2.75) is 25.7 Å². The molecule has 0 saturated carbocycles. The Bertz CT molecular complexity index is 793. The van der Waals surface area contributed by atoms with Crippen LogP contribution in [0.2, 0.25) is 0 Å². The second-order valence-electron chi connectivity index (χ2n) is 6.42. The molecule has 0 aromatic heterocycles. The molecule has 0 radical (unpaired) electrons. The molecule has 5 heteroatoms. The number of ether oxygens (including phenoxy) is 1. The monoisotopic (exact) mass is 377 g/mol. The largest absolute Gasteiger partial charge is 0.497 e. The number of benzene rings is 2. The summed E-state index contributed by atoms with van der Waals surface area (Å²) in [4.78, 5) is 12.1. The Hall–Kier alpha value is -3.26. The second kappa shape index (κ2) is 12.2. The number of hydrogen-bond donors (Lipinski definition) is 2. The van der Waals surface area contributed by atoms with Gasteiger partial charge in [-0.05, 0) is 48.9 Å². The van der Waals surface area contributed by atoms with Crippen LogP contribution in [0, 0.1) is 11.3 Å².